The number of thiazole rings is 1. The van der Waals surface area contributed by atoms with E-state index in [0.717, 1.165) is 23.7 Å². The third kappa shape index (κ3) is 3.90. The Morgan fingerprint density at radius 3 is 2.81 bits per heavy atom. The molecule has 1 heterocycles. The lowest BCUT2D eigenvalue weighted by Gasteiger charge is -2.03. The van der Waals surface area contributed by atoms with Gasteiger partial charge in [0.05, 0.1) is 10.7 Å². The number of carbonyl (C=O) groups excluding carboxylic acids is 1. The summed E-state index contributed by atoms with van der Waals surface area (Å²) in [5, 5.41) is 3.79. The minimum Gasteiger partial charge on any atom is -0.382 e. The van der Waals surface area contributed by atoms with E-state index in [4.69, 9.17) is 4.74 Å². The molecule has 0 radical (unpaired) electrons. The maximum absolute atomic E-state index is 11.7. The van der Waals surface area contributed by atoms with E-state index in [-0.39, 0.29) is 5.91 Å². The van der Waals surface area contributed by atoms with Crippen molar-refractivity contribution in [3.8, 4) is 0 Å². The molecular weight excluding hydrogens is 224 g/mol. The molecule has 4 nitrogen and oxygen atoms in total. The van der Waals surface area contributed by atoms with E-state index in [9.17, 15) is 4.79 Å². The van der Waals surface area contributed by atoms with Crippen molar-refractivity contribution in [1.29, 1.82) is 0 Å². The summed E-state index contributed by atoms with van der Waals surface area (Å²) in [7, 11) is 0. The molecule has 1 aromatic rings. The highest BCUT2D eigenvalue weighted by molar-refractivity contribution is 7.13. The molecule has 0 spiro atoms. The highest BCUT2D eigenvalue weighted by atomic mass is 32.1. The molecule has 0 aliphatic carbocycles. The van der Waals surface area contributed by atoms with Crippen LogP contribution in [0, 0.1) is 13.8 Å². The fourth-order valence-corrected chi connectivity index (χ4v) is 2.18. The van der Waals surface area contributed by atoms with Crippen LogP contribution in [-0.2, 0) is 4.74 Å². The van der Waals surface area contributed by atoms with Crippen LogP contribution < -0.4 is 5.32 Å². The number of ether oxygens (including phenoxy) is 1. The van der Waals surface area contributed by atoms with Crippen LogP contribution in [0.3, 0.4) is 0 Å². The lowest BCUT2D eigenvalue weighted by atomic mass is 10.3. The predicted molar refractivity (Wildman–Crippen MR) is 65.0 cm³/mol. The Kier molecular flexibility index (Phi) is 5.42. The standard InChI is InChI=1S/C11H18N2O2S/c1-4-15-7-5-6-12-11(14)10-8(2)13-9(3)16-10/h4-7H2,1-3H3,(H,12,14). The normalized spacial score (nSPS) is 10.4. The van der Waals surface area contributed by atoms with Gasteiger partial charge in [-0.05, 0) is 27.2 Å². The van der Waals surface area contributed by atoms with E-state index in [1.165, 1.54) is 11.3 Å². The highest BCUT2D eigenvalue weighted by Crippen LogP contribution is 2.16. The van der Waals surface area contributed by atoms with Crippen molar-refractivity contribution in [1.82, 2.24) is 10.3 Å². The van der Waals surface area contributed by atoms with Crippen LogP contribution >= 0.6 is 11.3 Å². The van der Waals surface area contributed by atoms with Crippen LogP contribution in [0.1, 0.15) is 33.7 Å². The fourth-order valence-electron chi connectivity index (χ4n) is 1.34. The number of aryl methyl sites for hydroxylation is 2. The van der Waals surface area contributed by atoms with Gasteiger partial charge < -0.3 is 10.1 Å². The molecule has 0 saturated heterocycles. The highest BCUT2D eigenvalue weighted by Gasteiger charge is 2.12. The van der Waals surface area contributed by atoms with Crippen LogP contribution in [-0.4, -0.2) is 30.6 Å². The van der Waals surface area contributed by atoms with Crippen molar-refractivity contribution in [2.24, 2.45) is 0 Å². The molecule has 0 atom stereocenters. The average molecular weight is 242 g/mol. The Morgan fingerprint density at radius 1 is 1.50 bits per heavy atom. The summed E-state index contributed by atoms with van der Waals surface area (Å²) in [6, 6.07) is 0. The van der Waals surface area contributed by atoms with Gasteiger partial charge in [0.2, 0.25) is 0 Å². The summed E-state index contributed by atoms with van der Waals surface area (Å²) < 4.78 is 5.19. The summed E-state index contributed by atoms with van der Waals surface area (Å²) in [4.78, 5) is 16.7. The van der Waals surface area contributed by atoms with Crippen LogP contribution in [0.5, 0.6) is 0 Å². The monoisotopic (exact) mass is 242 g/mol. The lowest BCUT2D eigenvalue weighted by molar-refractivity contribution is 0.0947. The van der Waals surface area contributed by atoms with Crippen LogP contribution in [0.2, 0.25) is 0 Å². The third-order valence-electron chi connectivity index (χ3n) is 2.06. The number of carbonyl (C=O) groups is 1. The molecule has 1 N–H and O–H groups in total. The fraction of sp³-hybridized carbons (Fsp3) is 0.636. The maximum atomic E-state index is 11.7. The first-order valence-electron chi connectivity index (χ1n) is 5.45. The number of hydrogen-bond donors (Lipinski definition) is 1. The molecular formula is C11H18N2O2S. The molecule has 1 amide bonds. The minimum atomic E-state index is -0.0281. The second-order valence-electron chi connectivity index (χ2n) is 3.45. The van der Waals surface area contributed by atoms with Crippen molar-refractivity contribution in [2.45, 2.75) is 27.2 Å². The van der Waals surface area contributed by atoms with Gasteiger partial charge in [0.25, 0.3) is 5.91 Å². The summed E-state index contributed by atoms with van der Waals surface area (Å²) in [6.07, 6.45) is 0.844. The first-order chi connectivity index (χ1) is 7.65. The molecule has 1 rings (SSSR count). The van der Waals surface area contributed by atoms with E-state index >= 15 is 0 Å². The van der Waals surface area contributed by atoms with E-state index in [0.29, 0.717) is 18.0 Å². The molecule has 90 valence electrons. The van der Waals surface area contributed by atoms with E-state index in [2.05, 4.69) is 10.3 Å². The summed E-state index contributed by atoms with van der Waals surface area (Å²) in [5.41, 5.74) is 0.810. The van der Waals surface area contributed by atoms with Crippen molar-refractivity contribution in [2.75, 3.05) is 19.8 Å². The second-order valence-corrected chi connectivity index (χ2v) is 4.66. The first kappa shape index (κ1) is 13.1. The smallest absolute Gasteiger partial charge is 0.263 e. The number of amides is 1. The van der Waals surface area contributed by atoms with Crippen molar-refractivity contribution < 1.29 is 9.53 Å². The molecule has 0 saturated carbocycles. The van der Waals surface area contributed by atoms with Gasteiger partial charge >= 0.3 is 0 Å². The Labute approximate surface area is 100 Å². The zero-order valence-electron chi connectivity index (χ0n) is 10.0. The molecule has 0 unspecified atom stereocenters. The largest absolute Gasteiger partial charge is 0.382 e. The van der Waals surface area contributed by atoms with Gasteiger partial charge in [0.1, 0.15) is 4.88 Å². The molecule has 16 heavy (non-hydrogen) atoms. The van der Waals surface area contributed by atoms with Crippen molar-refractivity contribution >= 4 is 17.2 Å². The first-order valence-corrected chi connectivity index (χ1v) is 6.26. The van der Waals surface area contributed by atoms with Crippen LogP contribution in [0.15, 0.2) is 0 Å². The molecule has 0 fully saturated rings. The lowest BCUT2D eigenvalue weighted by Crippen LogP contribution is -2.25. The maximum Gasteiger partial charge on any atom is 0.263 e. The third-order valence-corrected chi connectivity index (χ3v) is 3.14. The number of rotatable bonds is 6. The molecule has 0 aliphatic rings. The van der Waals surface area contributed by atoms with Gasteiger partial charge in [-0.3, -0.25) is 4.79 Å². The SMILES string of the molecule is CCOCCCNC(=O)c1sc(C)nc1C. The van der Waals surface area contributed by atoms with Crippen molar-refractivity contribution in [3.63, 3.8) is 0 Å². The Bertz CT molecular complexity index is 350. The molecule has 5 heteroatoms. The quantitative estimate of drug-likeness (QED) is 0.775. The van der Waals surface area contributed by atoms with Gasteiger partial charge in [0, 0.05) is 19.8 Å². The Balaban J connectivity index is 2.33. The Hall–Kier alpha value is -0.940. The summed E-state index contributed by atoms with van der Waals surface area (Å²) in [5.74, 6) is -0.0281. The number of aromatic nitrogens is 1. The summed E-state index contributed by atoms with van der Waals surface area (Å²) in [6.45, 7) is 7.79. The van der Waals surface area contributed by atoms with Crippen LogP contribution in [0.4, 0.5) is 0 Å². The van der Waals surface area contributed by atoms with Gasteiger partial charge in [-0.2, -0.15) is 0 Å². The van der Waals surface area contributed by atoms with E-state index < -0.39 is 0 Å². The van der Waals surface area contributed by atoms with Gasteiger partial charge in [-0.25, -0.2) is 4.98 Å². The molecule has 0 aromatic carbocycles. The molecule has 1 aromatic heterocycles. The van der Waals surface area contributed by atoms with Crippen molar-refractivity contribution in [3.05, 3.63) is 15.6 Å². The zero-order chi connectivity index (χ0) is 12.0. The van der Waals surface area contributed by atoms with Gasteiger partial charge in [-0.15, -0.1) is 11.3 Å². The Morgan fingerprint density at radius 2 is 2.25 bits per heavy atom. The van der Waals surface area contributed by atoms with E-state index in [1.54, 1.807) is 0 Å². The topological polar surface area (TPSA) is 51.2 Å². The molecule has 0 bridgehead atoms. The van der Waals surface area contributed by atoms with Gasteiger partial charge in [0.15, 0.2) is 0 Å². The summed E-state index contributed by atoms with van der Waals surface area (Å²) >= 11 is 1.44. The number of nitrogens with one attached hydrogen (secondary N) is 1. The van der Waals surface area contributed by atoms with E-state index in [1.807, 2.05) is 20.8 Å². The molecule has 0 aliphatic heterocycles. The minimum absolute atomic E-state index is 0.0281. The second kappa shape index (κ2) is 6.60. The number of hydrogen-bond acceptors (Lipinski definition) is 4. The van der Waals surface area contributed by atoms with Crippen LogP contribution in [0.25, 0.3) is 0 Å². The number of nitrogens with zero attached hydrogens (tertiary/aromatic N) is 1. The van der Waals surface area contributed by atoms with Gasteiger partial charge in [-0.1, -0.05) is 0 Å². The predicted octanol–water partition coefficient (Wildman–Crippen LogP) is 1.92. The zero-order valence-corrected chi connectivity index (χ0v) is 10.8. The average Bonchev–Trinajstić information content (AvgIpc) is 2.57.